The number of nitrogens with one attached hydrogen (secondary N) is 1. The van der Waals surface area contributed by atoms with Gasteiger partial charge in [-0.05, 0) is 73.1 Å². The molecular weight excluding hydrogens is 334 g/mol. The van der Waals surface area contributed by atoms with Crippen molar-refractivity contribution in [1.29, 1.82) is 5.41 Å². The first-order valence-corrected chi connectivity index (χ1v) is 10.3. The fourth-order valence-electron chi connectivity index (χ4n) is 4.20. The Hall–Kier alpha value is -0.880. The number of carbonyl (C=O) groups is 2. The van der Waals surface area contributed by atoms with E-state index in [1.165, 1.54) is 0 Å². The Morgan fingerprint density at radius 1 is 1.20 bits per heavy atom. The van der Waals surface area contributed by atoms with Crippen molar-refractivity contribution in [3.8, 4) is 0 Å². The van der Waals surface area contributed by atoms with Gasteiger partial charge < -0.3 is 5.41 Å². The van der Waals surface area contributed by atoms with Crippen LogP contribution in [0.25, 0.3) is 0 Å². The van der Waals surface area contributed by atoms with Crippen LogP contribution in [0.3, 0.4) is 0 Å². The van der Waals surface area contributed by atoms with Gasteiger partial charge in [0.05, 0.1) is 5.25 Å². The van der Waals surface area contributed by atoms with Crippen LogP contribution in [0.2, 0.25) is 0 Å². The van der Waals surface area contributed by atoms with E-state index in [1.54, 1.807) is 23.6 Å². The molecule has 0 saturated carbocycles. The van der Waals surface area contributed by atoms with Gasteiger partial charge in [0.15, 0.2) is 0 Å². The monoisotopic (exact) mass is 367 g/mol. The van der Waals surface area contributed by atoms with E-state index < -0.39 is 0 Å². The van der Waals surface area contributed by atoms with Crippen LogP contribution in [0.5, 0.6) is 0 Å². The van der Waals surface area contributed by atoms with E-state index in [9.17, 15) is 9.59 Å². The van der Waals surface area contributed by atoms with Crippen molar-refractivity contribution < 1.29 is 9.59 Å². The molecule has 0 bridgehead atoms. The van der Waals surface area contributed by atoms with Crippen molar-refractivity contribution in [2.24, 2.45) is 0 Å². The summed E-state index contributed by atoms with van der Waals surface area (Å²) in [5, 5.41) is 7.24. The van der Waals surface area contributed by atoms with E-state index in [0.717, 1.165) is 31.4 Å². The smallest absolute Gasteiger partial charge is 0.243 e. The number of imide groups is 1. The van der Waals surface area contributed by atoms with E-state index in [2.05, 4.69) is 39.6 Å². The summed E-state index contributed by atoms with van der Waals surface area (Å²) in [6.45, 7) is 10.6. The van der Waals surface area contributed by atoms with Crippen LogP contribution in [-0.2, 0) is 9.59 Å². The Morgan fingerprint density at radius 2 is 1.76 bits per heavy atom. The van der Waals surface area contributed by atoms with Gasteiger partial charge in [0, 0.05) is 29.3 Å². The molecule has 0 aliphatic carbocycles. The van der Waals surface area contributed by atoms with E-state index in [-0.39, 0.29) is 34.2 Å². The fourth-order valence-corrected chi connectivity index (χ4v) is 5.31. The summed E-state index contributed by atoms with van der Waals surface area (Å²) in [5.74, 6) is 0.826. The molecule has 142 valence electrons. The maximum atomic E-state index is 12.9. The average Bonchev–Trinajstić information content (AvgIpc) is 2.74. The number of piperidine rings is 1. The molecule has 0 spiro atoms. The van der Waals surface area contributed by atoms with Gasteiger partial charge in [-0.1, -0.05) is 0 Å². The predicted molar refractivity (Wildman–Crippen MR) is 104 cm³/mol. The number of likely N-dealkylation sites (tertiary alicyclic amines) is 2. The average molecular weight is 368 g/mol. The first kappa shape index (κ1) is 20.4. The van der Waals surface area contributed by atoms with E-state index in [4.69, 9.17) is 5.41 Å². The van der Waals surface area contributed by atoms with Gasteiger partial charge in [0.2, 0.25) is 11.8 Å². The minimum Gasteiger partial charge on any atom is -0.310 e. The largest absolute Gasteiger partial charge is 0.310 e. The standard InChI is InChI=1S/C19H33N3O2S/c1-13(20)8-7-9-25-15-10-16(23)22(17(15)24)14-11-18(2,3)21(6)19(4,5)12-14/h14-15,20H,7-12H2,1-6H3. The highest BCUT2D eigenvalue weighted by molar-refractivity contribution is 8.00. The molecule has 2 aliphatic rings. The number of hydrogen-bond donors (Lipinski definition) is 1. The Labute approximate surface area is 156 Å². The second-order valence-electron chi connectivity index (χ2n) is 8.80. The molecule has 1 atom stereocenters. The van der Waals surface area contributed by atoms with Gasteiger partial charge in [-0.3, -0.25) is 19.4 Å². The van der Waals surface area contributed by atoms with Gasteiger partial charge in [0.1, 0.15) is 0 Å². The maximum Gasteiger partial charge on any atom is 0.243 e. The fraction of sp³-hybridized carbons (Fsp3) is 0.842. The topological polar surface area (TPSA) is 64.5 Å². The SMILES string of the molecule is CC(=N)CCCSC1CC(=O)N(C2CC(C)(C)N(C)C(C)(C)C2)C1=O. The van der Waals surface area contributed by atoms with E-state index in [0.29, 0.717) is 12.1 Å². The third-order valence-corrected chi connectivity index (χ3v) is 7.10. The van der Waals surface area contributed by atoms with Crippen molar-refractivity contribution >= 4 is 29.3 Å². The molecule has 2 aliphatic heterocycles. The van der Waals surface area contributed by atoms with Gasteiger partial charge >= 0.3 is 0 Å². The predicted octanol–water partition coefficient (Wildman–Crippen LogP) is 3.32. The molecule has 2 heterocycles. The first-order valence-electron chi connectivity index (χ1n) is 9.21. The van der Waals surface area contributed by atoms with Crippen LogP contribution < -0.4 is 0 Å². The van der Waals surface area contributed by atoms with E-state index >= 15 is 0 Å². The zero-order valence-electron chi connectivity index (χ0n) is 16.5. The van der Waals surface area contributed by atoms with Gasteiger partial charge in [-0.2, -0.15) is 0 Å². The molecule has 0 radical (unpaired) electrons. The summed E-state index contributed by atoms with van der Waals surface area (Å²) in [5.41, 5.74) is 0.589. The third-order valence-electron chi connectivity index (χ3n) is 5.81. The van der Waals surface area contributed by atoms with Crippen LogP contribution >= 0.6 is 11.8 Å². The lowest BCUT2D eigenvalue weighted by molar-refractivity contribution is -0.145. The number of hydrogen-bond acceptors (Lipinski definition) is 5. The molecule has 0 aromatic heterocycles. The lowest BCUT2D eigenvalue weighted by Gasteiger charge is -2.54. The van der Waals surface area contributed by atoms with Crippen LogP contribution in [0, 0.1) is 5.41 Å². The summed E-state index contributed by atoms with van der Waals surface area (Å²) < 4.78 is 0. The molecule has 0 aromatic carbocycles. The molecule has 2 saturated heterocycles. The van der Waals surface area contributed by atoms with Crippen molar-refractivity contribution in [3.63, 3.8) is 0 Å². The van der Waals surface area contributed by atoms with Crippen LogP contribution in [0.1, 0.15) is 66.7 Å². The molecular formula is C19H33N3O2S. The zero-order valence-corrected chi connectivity index (χ0v) is 17.3. The minimum atomic E-state index is -0.232. The van der Waals surface area contributed by atoms with E-state index in [1.807, 2.05) is 0 Å². The van der Waals surface area contributed by atoms with Gasteiger partial charge in [-0.15, -0.1) is 11.8 Å². The van der Waals surface area contributed by atoms with Crippen molar-refractivity contribution in [2.75, 3.05) is 12.8 Å². The normalized spacial score (nSPS) is 27.1. The molecule has 2 amide bonds. The van der Waals surface area contributed by atoms with Crippen molar-refractivity contribution in [3.05, 3.63) is 0 Å². The van der Waals surface area contributed by atoms with Gasteiger partial charge in [0.25, 0.3) is 0 Å². The van der Waals surface area contributed by atoms with Crippen LogP contribution in [0.15, 0.2) is 0 Å². The number of thioether (sulfide) groups is 1. The molecule has 25 heavy (non-hydrogen) atoms. The molecule has 0 aromatic rings. The summed E-state index contributed by atoms with van der Waals surface area (Å²) in [6, 6.07) is -0.00406. The summed E-state index contributed by atoms with van der Waals surface area (Å²) in [4.78, 5) is 29.4. The molecule has 1 unspecified atom stereocenters. The molecule has 1 N–H and O–H groups in total. The minimum absolute atomic E-state index is 0.00253. The number of carbonyl (C=O) groups excluding carboxylic acids is 2. The molecule has 5 nitrogen and oxygen atoms in total. The Kier molecular flexibility index (Phi) is 6.04. The quantitative estimate of drug-likeness (QED) is 0.444. The lowest BCUT2D eigenvalue weighted by Crippen LogP contribution is -2.63. The maximum absolute atomic E-state index is 12.9. The second-order valence-corrected chi connectivity index (χ2v) is 10.1. The zero-order chi connectivity index (χ0) is 19.0. The summed E-state index contributed by atoms with van der Waals surface area (Å²) in [7, 11) is 2.13. The number of amides is 2. The molecule has 6 heteroatoms. The van der Waals surface area contributed by atoms with Crippen LogP contribution in [0.4, 0.5) is 0 Å². The number of nitrogens with zero attached hydrogens (tertiary/aromatic N) is 2. The highest BCUT2D eigenvalue weighted by atomic mass is 32.2. The summed E-state index contributed by atoms with van der Waals surface area (Å²) >= 11 is 1.59. The van der Waals surface area contributed by atoms with Crippen molar-refractivity contribution in [1.82, 2.24) is 9.80 Å². The molecule has 2 fully saturated rings. The third kappa shape index (κ3) is 4.45. The number of rotatable bonds is 6. The Morgan fingerprint density at radius 3 is 2.28 bits per heavy atom. The molecule has 2 rings (SSSR count). The first-order chi connectivity index (χ1) is 11.5. The highest BCUT2D eigenvalue weighted by Crippen LogP contribution is 2.41. The van der Waals surface area contributed by atoms with Gasteiger partial charge in [-0.25, -0.2) is 0 Å². The Bertz CT molecular complexity index is 541. The summed E-state index contributed by atoms with van der Waals surface area (Å²) in [6.07, 6.45) is 3.65. The second kappa shape index (κ2) is 7.39. The van der Waals surface area contributed by atoms with Crippen molar-refractivity contribution in [2.45, 2.75) is 89.1 Å². The highest BCUT2D eigenvalue weighted by Gasteiger charge is 2.50. The lowest BCUT2D eigenvalue weighted by atomic mass is 9.77. The van der Waals surface area contributed by atoms with Crippen LogP contribution in [-0.4, -0.2) is 62.5 Å². The Balaban J connectivity index is 2.03.